The number of esters is 1. The highest BCUT2D eigenvalue weighted by molar-refractivity contribution is 6.32. The summed E-state index contributed by atoms with van der Waals surface area (Å²) >= 11 is 6.75. The van der Waals surface area contributed by atoms with Gasteiger partial charge in [-0.2, -0.15) is 0 Å². The second kappa shape index (κ2) is 6.43. The Morgan fingerprint density at radius 2 is 1.75 bits per heavy atom. The highest BCUT2D eigenvalue weighted by atomic mass is 35.5. The molecule has 4 nitrogen and oxygen atoms in total. The fourth-order valence-corrected chi connectivity index (χ4v) is 7.70. The number of aliphatic hydroxyl groups excluding tert-OH is 1. The molecule has 7 atom stereocenters. The Morgan fingerprint density at radius 1 is 1.07 bits per heavy atom. The molecule has 0 radical (unpaired) electrons. The molecule has 0 aromatic heterocycles. The molecule has 2 fully saturated rings. The Labute approximate surface area is 172 Å². The number of carbonyl (C=O) groups is 2. The highest BCUT2D eigenvalue weighted by Gasteiger charge is 2.67. The summed E-state index contributed by atoms with van der Waals surface area (Å²) in [5.74, 6) is 0.542. The summed E-state index contributed by atoms with van der Waals surface area (Å²) in [6.45, 7) is 7.40. The van der Waals surface area contributed by atoms with E-state index in [0.717, 1.165) is 42.7 Å². The molecule has 0 amide bonds. The van der Waals surface area contributed by atoms with Gasteiger partial charge in [0.25, 0.3) is 0 Å². The van der Waals surface area contributed by atoms with Crippen molar-refractivity contribution in [2.45, 2.75) is 77.9 Å². The van der Waals surface area contributed by atoms with Crippen molar-refractivity contribution in [3.8, 4) is 0 Å². The summed E-state index contributed by atoms with van der Waals surface area (Å²) in [7, 11) is 0. The van der Waals surface area contributed by atoms with Crippen LogP contribution in [0.1, 0.15) is 66.2 Å². The number of rotatable bonds is 2. The number of Topliss-reactive ketones (excluding diaryl/α,β-unsaturated/α-hetero) is 1. The zero-order valence-electron chi connectivity index (χ0n) is 17.3. The van der Waals surface area contributed by atoms with E-state index in [9.17, 15) is 14.7 Å². The lowest BCUT2D eigenvalue weighted by atomic mass is 9.48. The number of aliphatic hydroxyl groups is 1. The van der Waals surface area contributed by atoms with Crippen LogP contribution in [0.25, 0.3) is 0 Å². The van der Waals surface area contributed by atoms with Gasteiger partial charge in [0, 0.05) is 17.4 Å². The number of fused-ring (bicyclic) bond motifs is 5. The van der Waals surface area contributed by atoms with Gasteiger partial charge < -0.3 is 9.84 Å². The average Bonchev–Trinajstić information content (AvgIpc) is 2.90. The van der Waals surface area contributed by atoms with Gasteiger partial charge in [-0.3, -0.25) is 9.59 Å². The molecule has 0 unspecified atom stereocenters. The van der Waals surface area contributed by atoms with Crippen LogP contribution in [0.5, 0.6) is 0 Å². The maximum Gasteiger partial charge on any atom is 0.303 e. The van der Waals surface area contributed by atoms with Crippen LogP contribution in [0.4, 0.5) is 0 Å². The third kappa shape index (κ3) is 2.53. The Kier molecular flexibility index (Phi) is 4.63. The van der Waals surface area contributed by atoms with Gasteiger partial charge in [-0.25, -0.2) is 0 Å². The number of ketones is 1. The maximum absolute atomic E-state index is 12.8. The lowest BCUT2D eigenvalue weighted by Crippen LogP contribution is -2.58. The van der Waals surface area contributed by atoms with Gasteiger partial charge in [0.1, 0.15) is 0 Å². The van der Waals surface area contributed by atoms with Gasteiger partial charge in [-0.15, -0.1) is 0 Å². The molecule has 4 aliphatic rings. The molecule has 5 heteroatoms. The number of halogens is 1. The normalized spacial score (nSPS) is 47.2. The predicted molar refractivity (Wildman–Crippen MR) is 108 cm³/mol. The minimum absolute atomic E-state index is 0.0374. The molecule has 0 saturated heterocycles. The molecular weight excluding hydrogens is 376 g/mol. The first-order valence-electron chi connectivity index (χ1n) is 10.5. The van der Waals surface area contributed by atoms with Crippen molar-refractivity contribution in [1.29, 1.82) is 0 Å². The van der Waals surface area contributed by atoms with Crippen molar-refractivity contribution in [1.82, 2.24) is 0 Å². The molecule has 0 bridgehead atoms. The molecular formula is C23H31ClO4. The van der Waals surface area contributed by atoms with E-state index in [-0.39, 0.29) is 34.4 Å². The Bertz CT molecular complexity index is 785. The Morgan fingerprint density at radius 3 is 2.39 bits per heavy atom. The fourth-order valence-electron chi connectivity index (χ4n) is 7.28. The number of ether oxygens (including phenoxy) is 1. The van der Waals surface area contributed by atoms with Crippen LogP contribution in [0.2, 0.25) is 0 Å². The first kappa shape index (κ1) is 20.2. The Hall–Kier alpha value is -1.13. The van der Waals surface area contributed by atoms with Gasteiger partial charge in [0.05, 0.1) is 6.10 Å². The van der Waals surface area contributed by atoms with E-state index in [1.54, 1.807) is 6.92 Å². The molecule has 0 aromatic carbocycles. The van der Waals surface area contributed by atoms with E-state index >= 15 is 0 Å². The van der Waals surface area contributed by atoms with Crippen molar-refractivity contribution in [3.05, 3.63) is 22.8 Å². The van der Waals surface area contributed by atoms with E-state index < -0.39 is 11.7 Å². The van der Waals surface area contributed by atoms with Crippen LogP contribution in [0.15, 0.2) is 22.8 Å². The van der Waals surface area contributed by atoms with Crippen molar-refractivity contribution in [3.63, 3.8) is 0 Å². The molecule has 4 aliphatic carbocycles. The summed E-state index contributed by atoms with van der Waals surface area (Å²) in [5.41, 5.74) is -0.340. The number of carbonyl (C=O) groups excluding carboxylic acids is 2. The quantitative estimate of drug-likeness (QED) is 0.683. The minimum atomic E-state index is -1.02. The molecule has 0 spiro atoms. The molecule has 154 valence electrons. The van der Waals surface area contributed by atoms with Gasteiger partial charge in [0.2, 0.25) is 0 Å². The van der Waals surface area contributed by atoms with Gasteiger partial charge >= 0.3 is 5.97 Å². The molecule has 1 N–H and O–H groups in total. The average molecular weight is 407 g/mol. The van der Waals surface area contributed by atoms with Crippen LogP contribution >= 0.6 is 11.6 Å². The molecule has 0 aliphatic heterocycles. The maximum atomic E-state index is 12.8. The van der Waals surface area contributed by atoms with Crippen LogP contribution in [-0.2, 0) is 14.3 Å². The van der Waals surface area contributed by atoms with E-state index in [1.807, 2.05) is 6.08 Å². The second-order valence-corrected chi connectivity index (χ2v) is 10.3. The first-order chi connectivity index (χ1) is 13.0. The lowest BCUT2D eigenvalue weighted by Gasteiger charge is -2.58. The lowest BCUT2D eigenvalue weighted by molar-refractivity contribution is -0.185. The van der Waals surface area contributed by atoms with Crippen LogP contribution in [-0.4, -0.2) is 28.6 Å². The van der Waals surface area contributed by atoms with Gasteiger partial charge in [-0.1, -0.05) is 37.6 Å². The summed E-state index contributed by atoms with van der Waals surface area (Å²) in [5, 5.41) is 10.9. The largest absolute Gasteiger partial charge is 0.451 e. The Balaban J connectivity index is 1.78. The van der Waals surface area contributed by atoms with E-state index in [4.69, 9.17) is 16.3 Å². The SMILES string of the molecule is CC(=O)O[C@@]1(C(C)=O)CC[C@@H]2[C@H]3C=C(Cl)C4=C[C@H](O)CC[C@@]4(C)[C@@H]3CC[C@]21C. The summed E-state index contributed by atoms with van der Waals surface area (Å²) in [4.78, 5) is 24.7. The topological polar surface area (TPSA) is 63.6 Å². The zero-order valence-corrected chi connectivity index (χ0v) is 18.0. The van der Waals surface area contributed by atoms with Crippen LogP contribution < -0.4 is 0 Å². The second-order valence-electron chi connectivity index (χ2n) is 9.88. The van der Waals surface area contributed by atoms with Crippen molar-refractivity contribution in [2.24, 2.45) is 28.6 Å². The number of allylic oxidation sites excluding steroid dienone is 3. The summed E-state index contributed by atoms with van der Waals surface area (Å²) in [6, 6.07) is 0. The van der Waals surface area contributed by atoms with E-state index in [1.165, 1.54) is 6.92 Å². The predicted octanol–water partition coefficient (Wildman–Crippen LogP) is 4.54. The molecule has 28 heavy (non-hydrogen) atoms. The number of hydrogen-bond donors (Lipinski definition) is 1. The zero-order chi connectivity index (χ0) is 20.5. The smallest absolute Gasteiger partial charge is 0.303 e. The number of hydrogen-bond acceptors (Lipinski definition) is 4. The fraction of sp³-hybridized carbons (Fsp3) is 0.739. The monoisotopic (exact) mass is 406 g/mol. The van der Waals surface area contributed by atoms with Crippen molar-refractivity contribution in [2.75, 3.05) is 0 Å². The van der Waals surface area contributed by atoms with Crippen LogP contribution in [0, 0.1) is 28.6 Å². The summed E-state index contributed by atoms with van der Waals surface area (Å²) < 4.78 is 5.80. The minimum Gasteiger partial charge on any atom is -0.451 e. The van der Waals surface area contributed by atoms with Gasteiger partial charge in [0.15, 0.2) is 11.4 Å². The summed E-state index contributed by atoms with van der Waals surface area (Å²) in [6.07, 6.45) is 8.68. The van der Waals surface area contributed by atoms with Crippen molar-refractivity contribution >= 4 is 23.4 Å². The third-order valence-electron chi connectivity index (χ3n) is 8.69. The van der Waals surface area contributed by atoms with Crippen LogP contribution in [0.3, 0.4) is 0 Å². The van der Waals surface area contributed by atoms with Crippen molar-refractivity contribution < 1.29 is 19.4 Å². The standard InChI is InChI=1S/C23H31ClO4/c1-13(25)23(28-14(2)26)10-7-18-16-12-20(24)19-11-15(27)5-8-21(19,3)17(16)6-9-22(18,23)4/h11-12,15-18,27H,5-10H2,1-4H3/t15-,16+,17-,18-,21+,22-,23-/m1/s1. The highest BCUT2D eigenvalue weighted by Crippen LogP contribution is 2.68. The third-order valence-corrected chi connectivity index (χ3v) is 9.02. The molecule has 2 saturated carbocycles. The van der Waals surface area contributed by atoms with E-state index in [2.05, 4.69) is 19.9 Å². The van der Waals surface area contributed by atoms with Gasteiger partial charge in [-0.05, 0) is 74.2 Å². The molecule has 4 rings (SSSR count). The molecule has 0 aromatic rings. The molecule has 0 heterocycles. The first-order valence-corrected chi connectivity index (χ1v) is 10.9. The van der Waals surface area contributed by atoms with E-state index in [0.29, 0.717) is 12.3 Å².